The number of benzene rings is 1. The Morgan fingerprint density at radius 2 is 2.06 bits per heavy atom. The number of hydrogen-bond acceptors (Lipinski definition) is 3. The van der Waals surface area contributed by atoms with Crippen LogP contribution < -0.4 is 5.32 Å². The van der Waals surface area contributed by atoms with Crippen molar-refractivity contribution in [1.29, 1.82) is 0 Å². The van der Waals surface area contributed by atoms with Gasteiger partial charge < -0.3 is 15.2 Å². The first-order valence-electron chi connectivity index (χ1n) is 5.63. The van der Waals surface area contributed by atoms with E-state index in [1.165, 1.54) is 0 Å². The molecule has 2 rings (SSSR count). The van der Waals surface area contributed by atoms with Crippen LogP contribution in [0.1, 0.15) is 18.1 Å². The second-order valence-electron chi connectivity index (χ2n) is 5.06. The van der Waals surface area contributed by atoms with Gasteiger partial charge >= 0.3 is 0 Å². The largest absolute Gasteiger partial charge is 0.507 e. The van der Waals surface area contributed by atoms with Crippen molar-refractivity contribution in [2.24, 2.45) is 5.41 Å². The molecule has 88 valence electrons. The fraction of sp³-hybridized carbons (Fsp3) is 0.538. The molecule has 1 heterocycles. The molecule has 0 aromatic heterocycles. The third-order valence-electron chi connectivity index (χ3n) is 3.24. The molecule has 1 aliphatic rings. The van der Waals surface area contributed by atoms with Crippen molar-refractivity contribution in [3.63, 3.8) is 0 Å². The lowest BCUT2D eigenvalue weighted by Crippen LogP contribution is -2.45. The lowest BCUT2D eigenvalue weighted by Gasteiger charge is -2.38. The number of phenolic OH excluding ortho intramolecular Hbond substituents is 1. The van der Waals surface area contributed by atoms with E-state index in [9.17, 15) is 5.11 Å². The summed E-state index contributed by atoms with van der Waals surface area (Å²) in [6.45, 7) is 8.56. The van der Waals surface area contributed by atoms with Crippen molar-refractivity contribution in [2.45, 2.75) is 20.8 Å². The van der Waals surface area contributed by atoms with E-state index < -0.39 is 0 Å². The SMILES string of the molecule is Cc1ccc(NCC2(C)COC2)c(C)c1O. The van der Waals surface area contributed by atoms with Crippen LogP contribution in [0.3, 0.4) is 0 Å². The average Bonchev–Trinajstić information content (AvgIpc) is 2.22. The summed E-state index contributed by atoms with van der Waals surface area (Å²) in [5, 5.41) is 13.2. The summed E-state index contributed by atoms with van der Waals surface area (Å²) >= 11 is 0. The van der Waals surface area contributed by atoms with E-state index in [0.717, 1.165) is 36.6 Å². The van der Waals surface area contributed by atoms with Gasteiger partial charge in [0.1, 0.15) is 5.75 Å². The van der Waals surface area contributed by atoms with Crippen LogP contribution in [0.25, 0.3) is 0 Å². The molecular formula is C13H19NO2. The highest BCUT2D eigenvalue weighted by molar-refractivity contribution is 5.59. The highest BCUT2D eigenvalue weighted by Gasteiger charge is 2.33. The Kier molecular flexibility index (Phi) is 2.80. The highest BCUT2D eigenvalue weighted by atomic mass is 16.5. The summed E-state index contributed by atoms with van der Waals surface area (Å²) in [7, 11) is 0. The van der Waals surface area contributed by atoms with Crippen LogP contribution in [0.4, 0.5) is 5.69 Å². The zero-order valence-corrected chi connectivity index (χ0v) is 10.1. The number of rotatable bonds is 3. The first kappa shape index (κ1) is 11.3. The van der Waals surface area contributed by atoms with E-state index in [-0.39, 0.29) is 5.41 Å². The molecule has 16 heavy (non-hydrogen) atoms. The number of ether oxygens (including phenoxy) is 1. The average molecular weight is 221 g/mol. The Morgan fingerprint density at radius 1 is 1.38 bits per heavy atom. The number of aryl methyl sites for hydroxylation is 1. The molecule has 1 aliphatic heterocycles. The smallest absolute Gasteiger partial charge is 0.123 e. The molecular weight excluding hydrogens is 202 g/mol. The van der Waals surface area contributed by atoms with Crippen molar-refractivity contribution in [2.75, 3.05) is 25.1 Å². The molecule has 0 aliphatic carbocycles. The normalized spacial score (nSPS) is 17.9. The predicted molar refractivity (Wildman–Crippen MR) is 65.0 cm³/mol. The second-order valence-corrected chi connectivity index (χ2v) is 5.06. The second kappa shape index (κ2) is 3.98. The molecule has 0 saturated carbocycles. The lowest BCUT2D eigenvalue weighted by atomic mass is 9.88. The Hall–Kier alpha value is -1.22. The van der Waals surface area contributed by atoms with Gasteiger partial charge in [-0.25, -0.2) is 0 Å². The van der Waals surface area contributed by atoms with Crippen molar-refractivity contribution >= 4 is 5.69 Å². The molecule has 1 aromatic rings. The Morgan fingerprint density at radius 3 is 2.62 bits per heavy atom. The van der Waals surface area contributed by atoms with Crippen molar-refractivity contribution in [3.8, 4) is 5.75 Å². The van der Waals surface area contributed by atoms with E-state index in [1.54, 1.807) is 0 Å². The van der Waals surface area contributed by atoms with E-state index in [4.69, 9.17) is 4.74 Å². The molecule has 2 N–H and O–H groups in total. The van der Waals surface area contributed by atoms with Gasteiger partial charge in [-0.1, -0.05) is 13.0 Å². The predicted octanol–water partition coefficient (Wildman–Crippen LogP) is 2.46. The van der Waals surface area contributed by atoms with Crippen LogP contribution in [0, 0.1) is 19.3 Å². The first-order chi connectivity index (χ1) is 7.52. The minimum absolute atomic E-state index is 0.243. The molecule has 3 heteroatoms. The summed E-state index contributed by atoms with van der Waals surface area (Å²) in [6, 6.07) is 3.96. The molecule has 1 saturated heterocycles. The van der Waals surface area contributed by atoms with Crippen LogP contribution in [0.15, 0.2) is 12.1 Å². The maximum atomic E-state index is 9.82. The summed E-state index contributed by atoms with van der Waals surface area (Å²) in [4.78, 5) is 0. The maximum absolute atomic E-state index is 9.82. The van der Waals surface area contributed by atoms with Crippen molar-refractivity contribution in [3.05, 3.63) is 23.3 Å². The fourth-order valence-corrected chi connectivity index (χ4v) is 1.89. The molecule has 0 radical (unpaired) electrons. The van der Waals surface area contributed by atoms with Crippen LogP contribution in [0.5, 0.6) is 5.75 Å². The molecule has 0 atom stereocenters. The Bertz CT molecular complexity index is 397. The van der Waals surface area contributed by atoms with E-state index in [1.807, 2.05) is 26.0 Å². The van der Waals surface area contributed by atoms with Gasteiger partial charge in [0, 0.05) is 23.2 Å². The molecule has 0 unspecified atom stereocenters. The van der Waals surface area contributed by atoms with Crippen LogP contribution in [-0.2, 0) is 4.74 Å². The quantitative estimate of drug-likeness (QED) is 0.823. The van der Waals surface area contributed by atoms with Crippen LogP contribution in [-0.4, -0.2) is 24.9 Å². The van der Waals surface area contributed by atoms with E-state index in [2.05, 4.69) is 12.2 Å². The summed E-state index contributed by atoms with van der Waals surface area (Å²) in [5.41, 5.74) is 3.09. The van der Waals surface area contributed by atoms with Gasteiger partial charge in [0.05, 0.1) is 13.2 Å². The third kappa shape index (κ3) is 2.00. The van der Waals surface area contributed by atoms with Gasteiger partial charge in [-0.05, 0) is 25.5 Å². The summed E-state index contributed by atoms with van der Waals surface area (Å²) < 4.78 is 5.21. The zero-order valence-electron chi connectivity index (χ0n) is 10.1. The number of aromatic hydroxyl groups is 1. The molecule has 0 amide bonds. The minimum atomic E-state index is 0.243. The van der Waals surface area contributed by atoms with E-state index >= 15 is 0 Å². The number of anilines is 1. The summed E-state index contributed by atoms with van der Waals surface area (Å²) in [6.07, 6.45) is 0. The van der Waals surface area contributed by atoms with Gasteiger partial charge in [0.2, 0.25) is 0 Å². The Labute approximate surface area is 96.4 Å². The zero-order chi connectivity index (χ0) is 11.8. The number of nitrogens with one attached hydrogen (secondary N) is 1. The standard InChI is InChI=1S/C13H19NO2/c1-9-4-5-11(10(2)12(9)15)14-6-13(3)7-16-8-13/h4-5,14-15H,6-8H2,1-3H3. The number of phenols is 1. The van der Waals surface area contributed by atoms with Crippen LogP contribution in [0.2, 0.25) is 0 Å². The van der Waals surface area contributed by atoms with Gasteiger partial charge in [-0.3, -0.25) is 0 Å². The van der Waals surface area contributed by atoms with Crippen LogP contribution >= 0.6 is 0 Å². The van der Waals surface area contributed by atoms with Gasteiger partial charge in [-0.15, -0.1) is 0 Å². The highest BCUT2D eigenvalue weighted by Crippen LogP contribution is 2.31. The monoisotopic (exact) mass is 221 g/mol. The molecule has 0 spiro atoms. The Balaban J connectivity index is 2.07. The van der Waals surface area contributed by atoms with Crippen molar-refractivity contribution < 1.29 is 9.84 Å². The molecule has 1 fully saturated rings. The molecule has 0 bridgehead atoms. The third-order valence-corrected chi connectivity index (χ3v) is 3.24. The topological polar surface area (TPSA) is 41.5 Å². The minimum Gasteiger partial charge on any atom is -0.507 e. The fourth-order valence-electron chi connectivity index (χ4n) is 1.89. The van der Waals surface area contributed by atoms with Gasteiger partial charge in [-0.2, -0.15) is 0 Å². The first-order valence-corrected chi connectivity index (χ1v) is 5.63. The van der Waals surface area contributed by atoms with E-state index in [0.29, 0.717) is 5.75 Å². The molecule has 3 nitrogen and oxygen atoms in total. The lowest BCUT2D eigenvalue weighted by molar-refractivity contribution is -0.0924. The number of hydrogen-bond donors (Lipinski definition) is 2. The van der Waals surface area contributed by atoms with Gasteiger partial charge in [0.25, 0.3) is 0 Å². The van der Waals surface area contributed by atoms with Crippen molar-refractivity contribution in [1.82, 2.24) is 0 Å². The van der Waals surface area contributed by atoms with Gasteiger partial charge in [0.15, 0.2) is 0 Å². The molecule has 1 aromatic carbocycles. The maximum Gasteiger partial charge on any atom is 0.123 e. The summed E-state index contributed by atoms with van der Waals surface area (Å²) in [5.74, 6) is 0.389.